The maximum Gasteiger partial charge on any atom is 0.170 e. The average Bonchev–Trinajstić information content (AvgIpc) is 3.49. The van der Waals surface area contributed by atoms with Gasteiger partial charge in [-0.25, -0.2) is 4.98 Å². The van der Waals surface area contributed by atoms with Gasteiger partial charge in [0, 0.05) is 23.8 Å². The fourth-order valence-corrected chi connectivity index (χ4v) is 4.82. The predicted octanol–water partition coefficient (Wildman–Crippen LogP) is 4.96. The first-order chi connectivity index (χ1) is 15.5. The molecule has 0 bridgehead atoms. The third-order valence-corrected chi connectivity index (χ3v) is 6.37. The number of pyridine rings is 2. The molecular weight excluding hydrogens is 418 g/mol. The van der Waals surface area contributed by atoms with Crippen LogP contribution in [0.1, 0.15) is 46.1 Å². The van der Waals surface area contributed by atoms with Gasteiger partial charge >= 0.3 is 0 Å². The Balaban J connectivity index is 1.62. The first-order valence-electron chi connectivity index (χ1n) is 10.7. The van der Waals surface area contributed by atoms with Gasteiger partial charge < -0.3 is 19.2 Å². The van der Waals surface area contributed by atoms with E-state index < -0.39 is 0 Å². The van der Waals surface area contributed by atoms with Crippen LogP contribution in [0.15, 0.2) is 71.6 Å². The molecule has 1 aliphatic heterocycles. The van der Waals surface area contributed by atoms with Gasteiger partial charge in [-0.15, -0.1) is 0 Å². The molecule has 0 aromatic carbocycles. The Morgan fingerprint density at radius 3 is 2.62 bits per heavy atom. The number of hydrogen-bond donors (Lipinski definition) is 1. The van der Waals surface area contributed by atoms with Crippen molar-refractivity contribution in [3.63, 3.8) is 0 Å². The summed E-state index contributed by atoms with van der Waals surface area (Å²) in [5.41, 5.74) is 5.56. The molecule has 5 rings (SSSR count). The molecule has 7 heteroatoms. The fraction of sp³-hybridized carbons (Fsp3) is 0.240. The first-order valence-corrected chi connectivity index (χ1v) is 11.1. The molecule has 0 saturated carbocycles. The van der Waals surface area contributed by atoms with E-state index in [1.807, 2.05) is 49.6 Å². The molecule has 0 aliphatic carbocycles. The van der Waals surface area contributed by atoms with Gasteiger partial charge in [-0.2, -0.15) is 0 Å². The second kappa shape index (κ2) is 8.24. The highest BCUT2D eigenvalue weighted by molar-refractivity contribution is 7.80. The monoisotopic (exact) mass is 443 g/mol. The summed E-state index contributed by atoms with van der Waals surface area (Å²) in [6.45, 7) is 6.89. The van der Waals surface area contributed by atoms with Crippen LogP contribution in [-0.4, -0.2) is 24.5 Å². The van der Waals surface area contributed by atoms with Gasteiger partial charge in [0.25, 0.3) is 0 Å². The number of thiocarbonyl (C=S) groups is 1. The maximum absolute atomic E-state index is 5.78. The Morgan fingerprint density at radius 2 is 1.94 bits per heavy atom. The third-order valence-electron chi connectivity index (χ3n) is 6.02. The zero-order chi connectivity index (χ0) is 22.2. The van der Waals surface area contributed by atoms with Crippen molar-refractivity contribution in [2.75, 3.05) is 0 Å². The van der Waals surface area contributed by atoms with Crippen LogP contribution in [-0.2, 0) is 6.54 Å². The highest BCUT2D eigenvalue weighted by Gasteiger charge is 2.41. The molecule has 1 N–H and O–H groups in total. The molecule has 0 unspecified atom stereocenters. The fourth-order valence-electron chi connectivity index (χ4n) is 4.52. The van der Waals surface area contributed by atoms with E-state index in [-0.39, 0.29) is 12.1 Å². The van der Waals surface area contributed by atoms with Gasteiger partial charge in [0.05, 0.1) is 30.6 Å². The van der Waals surface area contributed by atoms with Crippen LogP contribution in [0.2, 0.25) is 0 Å². The van der Waals surface area contributed by atoms with Crippen LogP contribution in [0.25, 0.3) is 5.82 Å². The van der Waals surface area contributed by atoms with Crippen molar-refractivity contribution >= 4 is 17.3 Å². The van der Waals surface area contributed by atoms with Crippen molar-refractivity contribution < 1.29 is 4.42 Å². The molecule has 6 nitrogen and oxygen atoms in total. The lowest BCUT2D eigenvalue weighted by Crippen LogP contribution is -2.29. The standard InChI is InChI=1S/C25H25N5OS/c1-16-9-10-22(27-14-16)30-17(2)13-20(18(30)3)24-23(21-8-4-5-11-26-21)28-25(32)29(24)15-19-7-6-12-31-19/h4-14,23-24H,15H2,1-3H3,(H,28,32)/t23-,24-/m0/s1. The Hall–Kier alpha value is -3.45. The molecule has 0 amide bonds. The van der Waals surface area contributed by atoms with Crippen LogP contribution in [0.4, 0.5) is 0 Å². The van der Waals surface area contributed by atoms with Crippen molar-refractivity contribution in [2.24, 2.45) is 0 Å². The number of rotatable bonds is 5. The lowest BCUT2D eigenvalue weighted by molar-refractivity contribution is 0.286. The number of hydrogen-bond acceptors (Lipinski definition) is 4. The summed E-state index contributed by atoms with van der Waals surface area (Å²) in [7, 11) is 0. The smallest absolute Gasteiger partial charge is 0.170 e. The lowest BCUT2D eigenvalue weighted by atomic mass is 9.96. The van der Waals surface area contributed by atoms with E-state index in [2.05, 4.69) is 56.8 Å². The van der Waals surface area contributed by atoms with E-state index in [1.54, 1.807) is 6.26 Å². The van der Waals surface area contributed by atoms with Crippen molar-refractivity contribution in [3.05, 3.63) is 101 Å². The minimum absolute atomic E-state index is 0.0344. The molecule has 5 heterocycles. The molecule has 0 radical (unpaired) electrons. The Morgan fingerprint density at radius 1 is 1.06 bits per heavy atom. The Bertz CT molecular complexity index is 1230. The van der Waals surface area contributed by atoms with Crippen LogP contribution in [0.5, 0.6) is 0 Å². The zero-order valence-electron chi connectivity index (χ0n) is 18.3. The summed E-state index contributed by atoms with van der Waals surface area (Å²) in [5.74, 6) is 1.78. The first kappa shape index (κ1) is 20.5. The molecule has 2 atom stereocenters. The van der Waals surface area contributed by atoms with Gasteiger partial charge in [0.15, 0.2) is 5.11 Å². The molecule has 4 aromatic rings. The summed E-state index contributed by atoms with van der Waals surface area (Å²) < 4.78 is 7.85. The van der Waals surface area contributed by atoms with Gasteiger partial charge in [-0.05, 0) is 80.5 Å². The summed E-state index contributed by atoms with van der Waals surface area (Å²) >= 11 is 5.78. The van der Waals surface area contributed by atoms with Crippen molar-refractivity contribution in [1.29, 1.82) is 0 Å². The quantitative estimate of drug-likeness (QED) is 0.440. The summed E-state index contributed by atoms with van der Waals surface area (Å²) in [6, 6.07) is 16.2. The zero-order valence-corrected chi connectivity index (χ0v) is 19.1. The predicted molar refractivity (Wildman–Crippen MR) is 127 cm³/mol. The Labute approximate surface area is 192 Å². The molecule has 162 valence electrons. The number of aromatic nitrogens is 3. The van der Waals surface area contributed by atoms with E-state index in [9.17, 15) is 0 Å². The van der Waals surface area contributed by atoms with Crippen molar-refractivity contribution in [3.8, 4) is 5.82 Å². The van der Waals surface area contributed by atoms with Crippen LogP contribution < -0.4 is 5.32 Å². The summed E-state index contributed by atoms with van der Waals surface area (Å²) in [6.07, 6.45) is 5.42. The molecule has 32 heavy (non-hydrogen) atoms. The third kappa shape index (κ3) is 3.58. The number of furan rings is 1. The largest absolute Gasteiger partial charge is 0.467 e. The molecule has 1 fully saturated rings. The molecule has 0 spiro atoms. The average molecular weight is 444 g/mol. The van der Waals surface area contributed by atoms with Crippen molar-refractivity contribution in [1.82, 2.24) is 24.8 Å². The second-order valence-corrected chi connectivity index (χ2v) is 8.58. The van der Waals surface area contributed by atoms with Crippen LogP contribution in [0, 0.1) is 20.8 Å². The van der Waals surface area contributed by atoms with E-state index >= 15 is 0 Å². The maximum atomic E-state index is 5.78. The molecular formula is C25H25N5OS. The second-order valence-electron chi connectivity index (χ2n) is 8.19. The van der Waals surface area contributed by atoms with Crippen molar-refractivity contribution in [2.45, 2.75) is 39.4 Å². The van der Waals surface area contributed by atoms with Gasteiger partial charge in [-0.3, -0.25) is 4.98 Å². The molecule has 1 saturated heterocycles. The Kier molecular flexibility index (Phi) is 5.27. The lowest BCUT2D eigenvalue weighted by Gasteiger charge is -2.27. The minimum Gasteiger partial charge on any atom is -0.467 e. The van der Waals surface area contributed by atoms with Gasteiger partial charge in [0.1, 0.15) is 11.6 Å². The van der Waals surface area contributed by atoms with E-state index in [0.717, 1.165) is 34.2 Å². The van der Waals surface area contributed by atoms with Gasteiger partial charge in [-0.1, -0.05) is 12.1 Å². The van der Waals surface area contributed by atoms with Crippen LogP contribution >= 0.6 is 12.2 Å². The summed E-state index contributed by atoms with van der Waals surface area (Å²) in [5, 5.41) is 4.21. The van der Waals surface area contributed by atoms with E-state index in [0.29, 0.717) is 11.7 Å². The minimum atomic E-state index is -0.0708. The summed E-state index contributed by atoms with van der Waals surface area (Å²) in [4.78, 5) is 11.5. The molecule has 4 aromatic heterocycles. The normalized spacial score (nSPS) is 18.2. The topological polar surface area (TPSA) is 59.1 Å². The number of aryl methyl sites for hydroxylation is 2. The molecule has 1 aliphatic rings. The van der Waals surface area contributed by atoms with Crippen LogP contribution in [0.3, 0.4) is 0 Å². The highest BCUT2D eigenvalue weighted by atomic mass is 32.1. The SMILES string of the molecule is Cc1ccc(-n2c(C)cc([C@H]3[C@H](c4ccccn4)NC(=S)N3Cc3ccco3)c2C)nc1. The van der Waals surface area contributed by atoms with Gasteiger partial charge in [0.2, 0.25) is 0 Å². The van der Waals surface area contributed by atoms with E-state index in [1.165, 1.54) is 5.56 Å². The number of nitrogens with one attached hydrogen (secondary N) is 1. The van der Waals surface area contributed by atoms with E-state index in [4.69, 9.17) is 16.6 Å². The highest BCUT2D eigenvalue weighted by Crippen LogP contribution is 2.42. The number of nitrogens with zero attached hydrogens (tertiary/aromatic N) is 4.